The minimum Gasteiger partial charge on any atom is -0.399 e. The normalized spacial score (nSPS) is 20.1. The van der Waals surface area contributed by atoms with Gasteiger partial charge in [-0.05, 0) is 43.4 Å². The molecular formula is C16H22N2O. The maximum Gasteiger partial charge on any atom is 0.230 e. The number of aryl methyl sites for hydroxylation is 1. The van der Waals surface area contributed by atoms with Crippen molar-refractivity contribution in [1.29, 1.82) is 0 Å². The van der Waals surface area contributed by atoms with Crippen molar-refractivity contribution >= 4 is 17.3 Å². The van der Waals surface area contributed by atoms with Crippen molar-refractivity contribution in [3.63, 3.8) is 0 Å². The molecule has 1 amide bonds. The Labute approximate surface area is 114 Å². The summed E-state index contributed by atoms with van der Waals surface area (Å²) in [6.07, 6.45) is 7.94. The Morgan fingerprint density at radius 1 is 1.16 bits per heavy atom. The number of rotatable bonds is 1. The fourth-order valence-corrected chi connectivity index (χ4v) is 3.39. The molecule has 0 unspecified atom stereocenters. The van der Waals surface area contributed by atoms with Crippen LogP contribution in [0.1, 0.15) is 44.1 Å². The topological polar surface area (TPSA) is 46.3 Å². The summed E-state index contributed by atoms with van der Waals surface area (Å²) in [6.45, 7) is 0.853. The molecule has 1 aromatic carbocycles. The fraction of sp³-hybridized carbons (Fsp3) is 0.562. The van der Waals surface area contributed by atoms with Gasteiger partial charge in [-0.25, -0.2) is 0 Å². The number of hydrogen-bond donors (Lipinski definition) is 1. The van der Waals surface area contributed by atoms with E-state index in [-0.39, 0.29) is 5.92 Å². The van der Waals surface area contributed by atoms with Gasteiger partial charge in [0.05, 0.1) is 0 Å². The highest BCUT2D eigenvalue weighted by Crippen LogP contribution is 2.33. The van der Waals surface area contributed by atoms with Gasteiger partial charge in [0, 0.05) is 23.8 Å². The summed E-state index contributed by atoms with van der Waals surface area (Å²) in [6, 6.07) is 5.98. The number of fused-ring (bicyclic) bond motifs is 1. The molecule has 0 radical (unpaired) electrons. The molecule has 3 nitrogen and oxygen atoms in total. The molecule has 2 N–H and O–H groups in total. The van der Waals surface area contributed by atoms with E-state index >= 15 is 0 Å². The predicted octanol–water partition coefficient (Wildman–Crippen LogP) is 3.13. The lowest BCUT2D eigenvalue weighted by atomic mass is 9.87. The van der Waals surface area contributed by atoms with E-state index in [1.807, 2.05) is 17.0 Å². The summed E-state index contributed by atoms with van der Waals surface area (Å²) in [5, 5.41) is 0. The average molecular weight is 258 g/mol. The van der Waals surface area contributed by atoms with E-state index in [1.54, 1.807) is 0 Å². The van der Waals surface area contributed by atoms with Crippen LogP contribution in [0.2, 0.25) is 0 Å². The Bertz CT molecular complexity index is 478. The van der Waals surface area contributed by atoms with E-state index < -0.39 is 0 Å². The van der Waals surface area contributed by atoms with Gasteiger partial charge >= 0.3 is 0 Å². The van der Waals surface area contributed by atoms with Crippen LogP contribution in [0, 0.1) is 5.92 Å². The Morgan fingerprint density at radius 3 is 2.74 bits per heavy atom. The van der Waals surface area contributed by atoms with Crippen molar-refractivity contribution < 1.29 is 4.79 Å². The van der Waals surface area contributed by atoms with Gasteiger partial charge < -0.3 is 10.6 Å². The number of amides is 1. The predicted molar refractivity (Wildman–Crippen MR) is 78.1 cm³/mol. The molecule has 0 aromatic heterocycles. The van der Waals surface area contributed by atoms with Crippen LogP contribution in [0.25, 0.3) is 0 Å². The average Bonchev–Trinajstić information content (AvgIpc) is 2.47. The van der Waals surface area contributed by atoms with Crippen LogP contribution in [0.15, 0.2) is 18.2 Å². The molecule has 2 aliphatic rings. The van der Waals surface area contributed by atoms with Gasteiger partial charge in [-0.1, -0.05) is 25.3 Å². The molecule has 19 heavy (non-hydrogen) atoms. The van der Waals surface area contributed by atoms with Gasteiger partial charge in [-0.2, -0.15) is 0 Å². The molecule has 1 aromatic rings. The van der Waals surface area contributed by atoms with Crippen molar-refractivity contribution in [2.45, 2.75) is 44.9 Å². The third-order valence-electron chi connectivity index (χ3n) is 4.45. The summed E-state index contributed by atoms with van der Waals surface area (Å²) < 4.78 is 0. The number of anilines is 2. The van der Waals surface area contributed by atoms with Gasteiger partial charge in [0.25, 0.3) is 0 Å². The largest absolute Gasteiger partial charge is 0.399 e. The van der Waals surface area contributed by atoms with Crippen LogP contribution < -0.4 is 10.6 Å². The van der Waals surface area contributed by atoms with E-state index in [4.69, 9.17) is 5.73 Å². The summed E-state index contributed by atoms with van der Waals surface area (Å²) >= 11 is 0. The molecule has 1 fully saturated rings. The highest BCUT2D eigenvalue weighted by Gasteiger charge is 2.29. The minimum absolute atomic E-state index is 0.237. The Balaban J connectivity index is 1.86. The SMILES string of the molecule is Nc1ccc2c(c1)N(C(=O)C1CCCCC1)CCC2. The van der Waals surface area contributed by atoms with Crippen molar-refractivity contribution in [3.05, 3.63) is 23.8 Å². The summed E-state index contributed by atoms with van der Waals surface area (Å²) in [4.78, 5) is 14.7. The van der Waals surface area contributed by atoms with Gasteiger partial charge in [-0.3, -0.25) is 4.79 Å². The molecule has 0 bridgehead atoms. The Hall–Kier alpha value is -1.51. The monoisotopic (exact) mass is 258 g/mol. The van der Waals surface area contributed by atoms with E-state index in [0.717, 1.165) is 43.6 Å². The summed E-state index contributed by atoms with van der Waals surface area (Å²) in [7, 11) is 0. The number of carbonyl (C=O) groups excluding carboxylic acids is 1. The summed E-state index contributed by atoms with van der Waals surface area (Å²) in [5.41, 5.74) is 8.96. The molecule has 0 atom stereocenters. The van der Waals surface area contributed by atoms with Crippen molar-refractivity contribution in [1.82, 2.24) is 0 Å². The van der Waals surface area contributed by atoms with Crippen LogP contribution in [-0.2, 0) is 11.2 Å². The molecule has 1 aliphatic carbocycles. The number of nitrogen functional groups attached to an aromatic ring is 1. The first kappa shape index (κ1) is 12.5. The standard InChI is InChI=1S/C16H22N2O/c17-14-9-8-12-7-4-10-18(15(12)11-14)16(19)13-5-2-1-3-6-13/h8-9,11,13H,1-7,10,17H2. The smallest absolute Gasteiger partial charge is 0.230 e. The number of nitrogens with two attached hydrogens (primary N) is 1. The highest BCUT2D eigenvalue weighted by atomic mass is 16.2. The van der Waals surface area contributed by atoms with E-state index in [0.29, 0.717) is 5.91 Å². The van der Waals surface area contributed by atoms with Crippen LogP contribution in [0.5, 0.6) is 0 Å². The first-order valence-electron chi connectivity index (χ1n) is 7.45. The molecule has 1 heterocycles. The maximum atomic E-state index is 12.7. The van der Waals surface area contributed by atoms with E-state index in [9.17, 15) is 4.79 Å². The zero-order valence-electron chi connectivity index (χ0n) is 11.4. The molecule has 0 saturated heterocycles. The maximum absolute atomic E-state index is 12.7. The molecule has 0 spiro atoms. The zero-order valence-corrected chi connectivity index (χ0v) is 11.4. The number of hydrogen-bond acceptors (Lipinski definition) is 2. The quantitative estimate of drug-likeness (QED) is 0.787. The molecular weight excluding hydrogens is 236 g/mol. The van der Waals surface area contributed by atoms with E-state index in [1.165, 1.54) is 24.8 Å². The zero-order chi connectivity index (χ0) is 13.2. The van der Waals surface area contributed by atoms with Crippen molar-refractivity contribution in [2.24, 2.45) is 5.92 Å². The number of carbonyl (C=O) groups is 1. The lowest BCUT2D eigenvalue weighted by molar-refractivity contribution is -0.123. The van der Waals surface area contributed by atoms with Crippen LogP contribution >= 0.6 is 0 Å². The number of benzene rings is 1. The molecule has 1 aliphatic heterocycles. The Kier molecular flexibility index (Phi) is 3.45. The second-order valence-electron chi connectivity index (χ2n) is 5.82. The van der Waals surface area contributed by atoms with Gasteiger partial charge in [0.2, 0.25) is 5.91 Å². The second kappa shape index (κ2) is 5.24. The lowest BCUT2D eigenvalue weighted by Crippen LogP contribution is -2.40. The minimum atomic E-state index is 0.237. The van der Waals surface area contributed by atoms with Crippen LogP contribution in [0.4, 0.5) is 11.4 Å². The molecule has 1 saturated carbocycles. The van der Waals surface area contributed by atoms with Gasteiger partial charge in [0.1, 0.15) is 0 Å². The van der Waals surface area contributed by atoms with Crippen LogP contribution in [0.3, 0.4) is 0 Å². The molecule has 3 heteroatoms. The molecule has 102 valence electrons. The Morgan fingerprint density at radius 2 is 1.95 bits per heavy atom. The van der Waals surface area contributed by atoms with E-state index in [2.05, 4.69) is 6.07 Å². The lowest BCUT2D eigenvalue weighted by Gasteiger charge is -2.33. The highest BCUT2D eigenvalue weighted by molar-refractivity contribution is 5.96. The van der Waals surface area contributed by atoms with Crippen LogP contribution in [-0.4, -0.2) is 12.5 Å². The summed E-state index contributed by atoms with van der Waals surface area (Å²) in [5.74, 6) is 0.562. The first-order valence-corrected chi connectivity index (χ1v) is 7.45. The first-order chi connectivity index (χ1) is 9.25. The third-order valence-corrected chi connectivity index (χ3v) is 4.45. The van der Waals surface area contributed by atoms with Gasteiger partial charge in [0.15, 0.2) is 0 Å². The second-order valence-corrected chi connectivity index (χ2v) is 5.82. The van der Waals surface area contributed by atoms with Gasteiger partial charge in [-0.15, -0.1) is 0 Å². The van der Waals surface area contributed by atoms with Crippen molar-refractivity contribution in [3.8, 4) is 0 Å². The third kappa shape index (κ3) is 2.46. The number of nitrogens with zero attached hydrogens (tertiary/aromatic N) is 1. The fourth-order valence-electron chi connectivity index (χ4n) is 3.39. The van der Waals surface area contributed by atoms with Crippen molar-refractivity contribution in [2.75, 3.05) is 17.2 Å². The molecule has 3 rings (SSSR count).